The van der Waals surface area contributed by atoms with Crippen LogP contribution in [0.5, 0.6) is 0 Å². The van der Waals surface area contributed by atoms with Crippen molar-refractivity contribution < 1.29 is 9.41 Å². The minimum absolute atomic E-state index is 0. The third-order valence-electron chi connectivity index (χ3n) is 0. The molecule has 0 fully saturated rings. The molecule has 0 bridgehead atoms. The first-order valence-electron chi connectivity index (χ1n) is 0. The van der Waals surface area contributed by atoms with Crippen LogP contribution in [0.3, 0.4) is 0 Å². The Morgan fingerprint density at radius 3 is 0.750 bits per heavy atom. The Morgan fingerprint density at radius 2 is 0.750 bits per heavy atom. The van der Waals surface area contributed by atoms with Crippen molar-refractivity contribution in [1.82, 2.24) is 0 Å². The first-order valence-corrected chi connectivity index (χ1v) is 0. The van der Waals surface area contributed by atoms with Crippen LogP contribution in [-0.2, 0) is 0 Å². The van der Waals surface area contributed by atoms with Crippen molar-refractivity contribution in [2.45, 2.75) is 0 Å². The molecule has 0 spiro atoms. The Morgan fingerprint density at radius 1 is 0.750 bits per heavy atom. The molecular weight excluding hydrogens is 85.0 g/mol. The molecule has 0 radical (unpaired) electrons. The van der Waals surface area contributed by atoms with Gasteiger partial charge in [0.05, 0.1) is 0 Å². The normalized spacial score (nSPS) is 0. The minimum atomic E-state index is 0. The molecule has 0 aromatic heterocycles. The van der Waals surface area contributed by atoms with Crippen molar-refractivity contribution in [1.29, 1.82) is 0 Å². The molecule has 0 saturated heterocycles. The summed E-state index contributed by atoms with van der Waals surface area (Å²) in [5.41, 5.74) is 0. The fourth-order valence-electron chi connectivity index (χ4n) is 0. The summed E-state index contributed by atoms with van der Waals surface area (Å²) in [5.74, 6) is 0. The molecule has 0 unspecified atom stereocenters. The van der Waals surface area contributed by atoms with Gasteiger partial charge in [-0.25, -0.2) is 0 Å². The maximum atomic E-state index is 0. The molecule has 0 N–H and O–H groups in total. The second kappa shape index (κ2) is 22.1. The van der Waals surface area contributed by atoms with E-state index < -0.39 is 0 Å². The molecule has 0 amide bonds. The molecule has 0 aliphatic heterocycles. The SMILES string of the molecule is F.F.[CaH2].[LiH]. The van der Waals surface area contributed by atoms with E-state index in [-0.39, 0.29) is 66.0 Å². The first-order chi connectivity index (χ1) is 0. The van der Waals surface area contributed by atoms with Crippen molar-refractivity contribution in [2.24, 2.45) is 0 Å². The molecule has 0 saturated carbocycles. The van der Waals surface area contributed by atoms with Crippen LogP contribution in [0.1, 0.15) is 0 Å². The Labute approximate surface area is 65.2 Å². The van der Waals surface area contributed by atoms with E-state index in [0.717, 1.165) is 0 Å². The van der Waals surface area contributed by atoms with Gasteiger partial charge < -0.3 is 0 Å². The predicted molar refractivity (Wildman–Crippen MR) is 20.7 cm³/mol. The molecule has 0 atom stereocenters. The van der Waals surface area contributed by atoms with Gasteiger partial charge >= 0.3 is 56.6 Å². The van der Waals surface area contributed by atoms with E-state index in [1.807, 2.05) is 0 Å². The van der Waals surface area contributed by atoms with Gasteiger partial charge in [-0.1, -0.05) is 0 Å². The van der Waals surface area contributed by atoms with Gasteiger partial charge in [-0.2, -0.15) is 0 Å². The molecule has 0 aliphatic rings. The van der Waals surface area contributed by atoms with Gasteiger partial charge in [0, 0.05) is 0 Å². The predicted octanol–water partition coefficient (Wildman–Crippen LogP) is -1.26. The summed E-state index contributed by atoms with van der Waals surface area (Å²) in [6.07, 6.45) is 0. The molecule has 4 heteroatoms. The van der Waals surface area contributed by atoms with Crippen LogP contribution < -0.4 is 0 Å². The fraction of sp³-hybridized carbons (Fsp3) is 0. The van der Waals surface area contributed by atoms with Crippen LogP contribution in [0, 0.1) is 0 Å². The van der Waals surface area contributed by atoms with E-state index in [9.17, 15) is 0 Å². The van der Waals surface area contributed by atoms with Gasteiger partial charge in [-0.05, 0) is 0 Å². The van der Waals surface area contributed by atoms with E-state index in [1.54, 1.807) is 0 Å². The third kappa shape index (κ3) is 9.31. The molecule has 0 rings (SSSR count). The van der Waals surface area contributed by atoms with Gasteiger partial charge in [-0.3, -0.25) is 9.41 Å². The summed E-state index contributed by atoms with van der Waals surface area (Å²) in [6.45, 7) is 0. The fourth-order valence-corrected chi connectivity index (χ4v) is 0. The average molecular weight is 90.1 g/mol. The van der Waals surface area contributed by atoms with Crippen LogP contribution in [0.4, 0.5) is 9.41 Å². The zero-order valence-electron chi connectivity index (χ0n) is 0.816. The van der Waals surface area contributed by atoms with Crippen LogP contribution in [-0.4, -0.2) is 56.6 Å². The molecule has 0 aliphatic carbocycles. The molecule has 0 heterocycles. The molecule has 0 aromatic rings. The summed E-state index contributed by atoms with van der Waals surface area (Å²) >= 11 is 0. The van der Waals surface area contributed by atoms with Crippen molar-refractivity contribution >= 4 is 56.6 Å². The molecule has 0 aromatic carbocycles. The van der Waals surface area contributed by atoms with Gasteiger partial charge in [-0.15, -0.1) is 0 Å². The van der Waals surface area contributed by atoms with Crippen LogP contribution in [0.25, 0.3) is 0 Å². The van der Waals surface area contributed by atoms with Gasteiger partial charge in [0.15, 0.2) is 0 Å². The van der Waals surface area contributed by atoms with Gasteiger partial charge in [0.1, 0.15) is 0 Å². The summed E-state index contributed by atoms with van der Waals surface area (Å²) < 4.78 is 0. The van der Waals surface area contributed by atoms with Crippen molar-refractivity contribution in [3.8, 4) is 0 Å². The summed E-state index contributed by atoms with van der Waals surface area (Å²) in [5, 5.41) is 0. The number of hydrogen-bond donors (Lipinski definition) is 0. The second-order valence-corrected chi connectivity index (χ2v) is 0. The number of hydrogen-bond acceptors (Lipinski definition) is 0. The summed E-state index contributed by atoms with van der Waals surface area (Å²) in [7, 11) is 0. The Balaban J connectivity index is 0. The van der Waals surface area contributed by atoms with E-state index in [2.05, 4.69) is 0 Å². The standard InChI is InChI=1S/Ca.2FH.Li.3H/h;2*1H;;;;. The van der Waals surface area contributed by atoms with E-state index in [0.29, 0.717) is 0 Å². The quantitative estimate of drug-likeness (QED) is 0.326. The Hall–Kier alpha value is 1.72. The van der Waals surface area contributed by atoms with E-state index >= 15 is 0 Å². The van der Waals surface area contributed by atoms with E-state index in [1.165, 1.54) is 0 Å². The molecule has 22 valence electrons. The topological polar surface area (TPSA) is 0 Å². The van der Waals surface area contributed by atoms with E-state index in [4.69, 9.17) is 0 Å². The van der Waals surface area contributed by atoms with Crippen molar-refractivity contribution in [2.75, 3.05) is 0 Å². The number of halogens is 2. The van der Waals surface area contributed by atoms with Crippen LogP contribution in [0.2, 0.25) is 0 Å². The zero-order chi connectivity index (χ0) is 0. The molecular formula is H5CaF2Li. The summed E-state index contributed by atoms with van der Waals surface area (Å²) in [6, 6.07) is 0. The third-order valence-corrected chi connectivity index (χ3v) is 0. The van der Waals surface area contributed by atoms with Gasteiger partial charge in [0.2, 0.25) is 0 Å². The van der Waals surface area contributed by atoms with Crippen molar-refractivity contribution in [3.05, 3.63) is 0 Å². The first kappa shape index (κ1) is 43.1. The van der Waals surface area contributed by atoms with Crippen LogP contribution >= 0.6 is 0 Å². The molecule has 0 nitrogen and oxygen atoms in total. The summed E-state index contributed by atoms with van der Waals surface area (Å²) in [4.78, 5) is 0. The zero-order valence-corrected chi connectivity index (χ0v) is 0.816. The average Bonchev–Trinajstić information content (AvgIpc) is 0. The van der Waals surface area contributed by atoms with Gasteiger partial charge in [0.25, 0.3) is 0 Å². The number of rotatable bonds is 0. The van der Waals surface area contributed by atoms with Crippen LogP contribution in [0.15, 0.2) is 0 Å². The maximum absolute atomic E-state index is 0. The molecule has 4 heavy (non-hydrogen) atoms. The monoisotopic (exact) mass is 90.0 g/mol. The Bertz CT molecular complexity index is 6.00. The van der Waals surface area contributed by atoms with Crippen molar-refractivity contribution in [3.63, 3.8) is 0 Å². The second-order valence-electron chi connectivity index (χ2n) is 0. The Kier molecular flexibility index (Phi) is 238.